The Labute approximate surface area is 138 Å². The minimum atomic E-state index is -0.496. The fourth-order valence-electron chi connectivity index (χ4n) is 3.64. The molecule has 3 heteroatoms. The molecule has 2 nitrogen and oxygen atoms in total. The van der Waals surface area contributed by atoms with Gasteiger partial charge in [0.05, 0.1) is 20.2 Å². The summed E-state index contributed by atoms with van der Waals surface area (Å²) < 4.78 is 0. The Kier molecular flexibility index (Phi) is 4.90. The van der Waals surface area contributed by atoms with Crippen molar-refractivity contribution in [2.45, 2.75) is 24.3 Å². The molecule has 0 aliphatic heterocycles. The van der Waals surface area contributed by atoms with Crippen LogP contribution in [0.4, 0.5) is 0 Å². The molecule has 0 saturated heterocycles. The van der Waals surface area contributed by atoms with Gasteiger partial charge in [-0.15, -0.1) is 0 Å². The molecule has 0 fully saturated rings. The largest absolute Gasteiger partial charge is 1.00 e. The second kappa shape index (κ2) is 6.52. The van der Waals surface area contributed by atoms with Crippen LogP contribution in [0, 0.1) is 11.3 Å². The summed E-state index contributed by atoms with van der Waals surface area (Å²) in [6.45, 7) is 0. The molecule has 0 unspecified atom stereocenters. The minimum absolute atomic E-state index is 0. The Morgan fingerprint density at radius 3 is 2.32 bits per heavy atom. The van der Waals surface area contributed by atoms with Crippen LogP contribution in [-0.2, 0) is 5.41 Å². The molecular formula is C19H21ClN2. The lowest BCUT2D eigenvalue weighted by Gasteiger charge is -2.38. The van der Waals surface area contributed by atoms with Crippen LogP contribution in [0.25, 0.3) is 0 Å². The van der Waals surface area contributed by atoms with Crippen LogP contribution in [0.15, 0.2) is 54.6 Å². The molecule has 0 spiro atoms. The van der Waals surface area contributed by atoms with Crippen LogP contribution in [-0.4, -0.2) is 14.1 Å². The van der Waals surface area contributed by atoms with E-state index in [0.29, 0.717) is 6.04 Å². The van der Waals surface area contributed by atoms with Gasteiger partial charge in [0.15, 0.2) is 0 Å². The van der Waals surface area contributed by atoms with E-state index in [2.05, 4.69) is 56.6 Å². The van der Waals surface area contributed by atoms with Crippen LogP contribution in [0.1, 0.15) is 35.6 Å². The highest BCUT2D eigenvalue weighted by atomic mass is 35.5. The second-order valence-electron chi connectivity index (χ2n) is 6.14. The number of halogens is 1. The van der Waals surface area contributed by atoms with Gasteiger partial charge in [-0.1, -0.05) is 54.6 Å². The molecule has 0 saturated carbocycles. The van der Waals surface area contributed by atoms with Crippen molar-refractivity contribution in [3.8, 4) is 6.07 Å². The number of nitrogens with one attached hydrogen (secondary N) is 1. The fourth-order valence-corrected chi connectivity index (χ4v) is 3.64. The maximum absolute atomic E-state index is 10.0. The Morgan fingerprint density at radius 1 is 1.05 bits per heavy atom. The summed E-state index contributed by atoms with van der Waals surface area (Å²) in [5, 5.41) is 10.0. The summed E-state index contributed by atoms with van der Waals surface area (Å²) in [5.41, 5.74) is 3.14. The molecule has 2 aromatic carbocycles. The molecule has 1 aliphatic rings. The summed E-state index contributed by atoms with van der Waals surface area (Å²) in [6, 6.07) is 21.8. The molecule has 0 bridgehead atoms. The predicted octanol–water partition coefficient (Wildman–Crippen LogP) is -0.520. The number of hydrogen-bond donors (Lipinski definition) is 1. The Morgan fingerprint density at radius 2 is 1.68 bits per heavy atom. The van der Waals surface area contributed by atoms with Crippen LogP contribution in [0.5, 0.6) is 0 Å². The monoisotopic (exact) mass is 312 g/mol. The maximum Gasteiger partial charge on any atom is 0.113 e. The normalized spacial score (nSPS) is 23.3. The van der Waals surface area contributed by atoms with Gasteiger partial charge in [0, 0.05) is 12.0 Å². The quantitative estimate of drug-likeness (QED) is 0.794. The molecular weight excluding hydrogens is 292 g/mol. The van der Waals surface area contributed by atoms with Crippen molar-refractivity contribution in [2.24, 2.45) is 0 Å². The first-order chi connectivity index (χ1) is 10.2. The third kappa shape index (κ3) is 2.52. The standard InChI is InChI=1S/C19H20N2.ClH/c1-21(2)18-12-13-19(14-20,15-8-4-3-5-9-15)17-11-7-6-10-16(17)18;/h3-11,18H,12-13H2,1-2H3;1H/t18-,19+;/m1./s1. The van der Waals surface area contributed by atoms with Gasteiger partial charge in [0.25, 0.3) is 0 Å². The number of nitriles is 1. The minimum Gasteiger partial charge on any atom is -1.00 e. The Balaban J connectivity index is 0.00000176. The molecule has 22 heavy (non-hydrogen) atoms. The summed E-state index contributed by atoms with van der Waals surface area (Å²) >= 11 is 0. The molecule has 1 N–H and O–H groups in total. The lowest BCUT2D eigenvalue weighted by atomic mass is 9.65. The second-order valence-corrected chi connectivity index (χ2v) is 6.14. The van der Waals surface area contributed by atoms with E-state index in [4.69, 9.17) is 0 Å². The van der Waals surface area contributed by atoms with Crippen molar-refractivity contribution in [1.29, 1.82) is 5.26 Å². The van der Waals surface area contributed by atoms with Gasteiger partial charge in [-0.05, 0) is 17.5 Å². The van der Waals surface area contributed by atoms with Crippen molar-refractivity contribution < 1.29 is 17.3 Å². The van der Waals surface area contributed by atoms with Crippen molar-refractivity contribution in [1.82, 2.24) is 0 Å². The first-order valence-corrected chi connectivity index (χ1v) is 7.55. The summed E-state index contributed by atoms with van der Waals surface area (Å²) in [5.74, 6) is 0. The van der Waals surface area contributed by atoms with E-state index < -0.39 is 5.41 Å². The van der Waals surface area contributed by atoms with Gasteiger partial charge in [-0.3, -0.25) is 0 Å². The van der Waals surface area contributed by atoms with E-state index in [1.807, 2.05) is 18.2 Å². The lowest BCUT2D eigenvalue weighted by Crippen LogP contribution is -3.06. The first kappa shape index (κ1) is 16.5. The van der Waals surface area contributed by atoms with Gasteiger partial charge in [-0.25, -0.2) is 0 Å². The van der Waals surface area contributed by atoms with Crippen LogP contribution in [0.2, 0.25) is 0 Å². The molecule has 2 atom stereocenters. The summed E-state index contributed by atoms with van der Waals surface area (Å²) in [6.07, 6.45) is 1.93. The van der Waals surface area contributed by atoms with Crippen LogP contribution in [0.3, 0.4) is 0 Å². The zero-order valence-electron chi connectivity index (χ0n) is 13.0. The highest BCUT2D eigenvalue weighted by molar-refractivity contribution is 5.51. The molecule has 3 rings (SSSR count). The predicted molar refractivity (Wildman–Crippen MR) is 84.1 cm³/mol. The Hall–Kier alpha value is -1.82. The van der Waals surface area contributed by atoms with Gasteiger partial charge >= 0.3 is 0 Å². The molecule has 0 amide bonds. The number of rotatable bonds is 2. The van der Waals surface area contributed by atoms with Gasteiger partial charge < -0.3 is 17.3 Å². The molecule has 1 aliphatic carbocycles. The van der Waals surface area contributed by atoms with Crippen molar-refractivity contribution in [2.75, 3.05) is 14.1 Å². The topological polar surface area (TPSA) is 28.2 Å². The fraction of sp³-hybridized carbons (Fsp3) is 0.316. The number of fused-ring (bicyclic) bond motifs is 1. The van der Waals surface area contributed by atoms with Crippen molar-refractivity contribution in [3.63, 3.8) is 0 Å². The third-order valence-corrected chi connectivity index (χ3v) is 4.76. The van der Waals surface area contributed by atoms with E-state index in [0.717, 1.165) is 18.4 Å². The maximum atomic E-state index is 10.0. The zero-order chi connectivity index (χ0) is 14.9. The van der Waals surface area contributed by atoms with Gasteiger partial charge in [0.1, 0.15) is 11.5 Å². The number of nitrogens with zero attached hydrogens (tertiary/aromatic N) is 1. The highest BCUT2D eigenvalue weighted by Gasteiger charge is 2.43. The molecule has 2 aromatic rings. The third-order valence-electron chi connectivity index (χ3n) is 4.76. The molecule has 0 aromatic heterocycles. The van der Waals surface area contributed by atoms with Crippen molar-refractivity contribution >= 4 is 0 Å². The van der Waals surface area contributed by atoms with E-state index in [9.17, 15) is 5.26 Å². The van der Waals surface area contributed by atoms with Crippen LogP contribution >= 0.6 is 0 Å². The van der Waals surface area contributed by atoms with Crippen LogP contribution < -0.4 is 17.3 Å². The first-order valence-electron chi connectivity index (χ1n) is 7.55. The average molecular weight is 313 g/mol. The molecule has 0 heterocycles. The average Bonchev–Trinajstić information content (AvgIpc) is 2.54. The summed E-state index contributed by atoms with van der Waals surface area (Å²) in [7, 11) is 4.40. The molecule has 114 valence electrons. The number of benzene rings is 2. The molecule has 0 radical (unpaired) electrons. The van der Waals surface area contributed by atoms with E-state index in [1.54, 1.807) is 0 Å². The Bertz CT molecular complexity index is 675. The number of hydrogen-bond acceptors (Lipinski definition) is 1. The van der Waals surface area contributed by atoms with Gasteiger partial charge in [-0.2, -0.15) is 5.26 Å². The summed E-state index contributed by atoms with van der Waals surface area (Å²) in [4.78, 5) is 1.43. The van der Waals surface area contributed by atoms with Gasteiger partial charge in [0.2, 0.25) is 0 Å². The van der Waals surface area contributed by atoms with Crippen molar-refractivity contribution in [3.05, 3.63) is 71.3 Å². The lowest BCUT2D eigenvalue weighted by molar-refractivity contribution is -0.893. The zero-order valence-corrected chi connectivity index (χ0v) is 13.8. The SMILES string of the molecule is C[NH+](C)[C@@H]1CC[C@](C#N)(c2ccccc2)c2ccccc21.[Cl-]. The smallest absolute Gasteiger partial charge is 0.113 e. The number of quaternary nitrogens is 1. The highest BCUT2D eigenvalue weighted by Crippen LogP contribution is 2.44. The van der Waals surface area contributed by atoms with E-state index >= 15 is 0 Å². The van der Waals surface area contributed by atoms with E-state index in [-0.39, 0.29) is 12.4 Å². The van der Waals surface area contributed by atoms with E-state index in [1.165, 1.54) is 16.0 Å².